The molecule has 3 rings (SSSR count). The molecule has 1 saturated heterocycles. The van der Waals surface area contributed by atoms with Crippen molar-refractivity contribution >= 4 is 41.7 Å². The second kappa shape index (κ2) is 9.47. The molecule has 1 aliphatic heterocycles. The molecule has 0 amide bonds. The van der Waals surface area contributed by atoms with Crippen molar-refractivity contribution in [1.82, 2.24) is 15.6 Å². The quantitative estimate of drug-likeness (QED) is 0.393. The molecule has 136 valence electrons. The van der Waals surface area contributed by atoms with Crippen LogP contribution in [0.3, 0.4) is 0 Å². The van der Waals surface area contributed by atoms with E-state index in [0.717, 1.165) is 23.8 Å². The normalized spacial score (nSPS) is 20.2. The Labute approximate surface area is 170 Å². The van der Waals surface area contributed by atoms with Gasteiger partial charge in [0.2, 0.25) is 5.89 Å². The third kappa shape index (κ3) is 5.64. The third-order valence-electron chi connectivity index (χ3n) is 4.17. The predicted molar refractivity (Wildman–Crippen MR) is 116 cm³/mol. The first-order valence-corrected chi connectivity index (χ1v) is 9.26. The lowest BCUT2D eigenvalue weighted by molar-refractivity contribution is 0.496. The van der Waals surface area contributed by atoms with Crippen LogP contribution in [0, 0.1) is 0 Å². The minimum Gasteiger partial charge on any atom is -0.439 e. The number of aliphatic imine (C=N–C) groups is 1. The lowest BCUT2D eigenvalue weighted by Gasteiger charge is -2.24. The lowest BCUT2D eigenvalue weighted by Crippen LogP contribution is -2.43. The Bertz CT molecular complexity index is 683. The minimum atomic E-state index is 0. The van der Waals surface area contributed by atoms with Gasteiger partial charge in [-0.05, 0) is 25.5 Å². The van der Waals surface area contributed by atoms with Gasteiger partial charge in [-0.25, -0.2) is 4.98 Å². The molecule has 1 aromatic carbocycles. The van der Waals surface area contributed by atoms with Crippen LogP contribution in [0.15, 0.2) is 45.9 Å². The molecule has 25 heavy (non-hydrogen) atoms. The summed E-state index contributed by atoms with van der Waals surface area (Å²) in [6.07, 6.45) is 4.31. The van der Waals surface area contributed by atoms with Gasteiger partial charge in [0.05, 0.1) is 12.7 Å². The molecule has 0 radical (unpaired) electrons. The van der Waals surface area contributed by atoms with E-state index in [0.29, 0.717) is 17.2 Å². The smallest absolute Gasteiger partial charge is 0.214 e. The van der Waals surface area contributed by atoms with Crippen LogP contribution >= 0.6 is 35.7 Å². The number of rotatable bonds is 5. The van der Waals surface area contributed by atoms with Crippen LogP contribution in [-0.2, 0) is 6.54 Å². The molecule has 1 unspecified atom stereocenters. The fraction of sp³-hybridized carbons (Fsp3) is 0.444. The van der Waals surface area contributed by atoms with Crippen LogP contribution in [0.2, 0.25) is 0 Å². The summed E-state index contributed by atoms with van der Waals surface area (Å²) in [5, 5.41) is 6.67. The monoisotopic (exact) mass is 472 g/mol. The van der Waals surface area contributed by atoms with Crippen molar-refractivity contribution in [2.24, 2.45) is 4.99 Å². The number of nitrogens with one attached hydrogen (secondary N) is 2. The van der Waals surface area contributed by atoms with E-state index in [1.165, 1.54) is 18.6 Å². The molecule has 1 aromatic heterocycles. The van der Waals surface area contributed by atoms with E-state index in [9.17, 15) is 0 Å². The van der Waals surface area contributed by atoms with Gasteiger partial charge < -0.3 is 15.1 Å². The van der Waals surface area contributed by atoms with E-state index in [1.54, 1.807) is 13.2 Å². The SMILES string of the molecule is CN=C(NCc1ncc(-c2ccccc2)o1)NCC1(C)CCCS1.I. The molecule has 5 nitrogen and oxygen atoms in total. The molecule has 1 fully saturated rings. The van der Waals surface area contributed by atoms with Crippen molar-refractivity contribution in [2.75, 3.05) is 19.3 Å². The highest BCUT2D eigenvalue weighted by Crippen LogP contribution is 2.36. The van der Waals surface area contributed by atoms with Gasteiger partial charge in [0, 0.05) is 23.9 Å². The summed E-state index contributed by atoms with van der Waals surface area (Å²) in [7, 11) is 1.78. The van der Waals surface area contributed by atoms with Gasteiger partial charge in [0.25, 0.3) is 0 Å². The van der Waals surface area contributed by atoms with Crippen LogP contribution in [0.1, 0.15) is 25.7 Å². The molecule has 0 aliphatic carbocycles. The van der Waals surface area contributed by atoms with Crippen molar-refractivity contribution in [3.63, 3.8) is 0 Å². The van der Waals surface area contributed by atoms with Crippen LogP contribution in [0.25, 0.3) is 11.3 Å². The Morgan fingerprint density at radius 1 is 1.32 bits per heavy atom. The van der Waals surface area contributed by atoms with Crippen LogP contribution in [0.4, 0.5) is 0 Å². The highest BCUT2D eigenvalue weighted by atomic mass is 127. The average Bonchev–Trinajstić information content (AvgIpc) is 3.26. The average molecular weight is 472 g/mol. The van der Waals surface area contributed by atoms with E-state index in [-0.39, 0.29) is 24.0 Å². The zero-order chi connectivity index (χ0) is 16.8. The summed E-state index contributed by atoms with van der Waals surface area (Å²) in [4.78, 5) is 8.61. The molecular weight excluding hydrogens is 447 g/mol. The fourth-order valence-corrected chi connectivity index (χ4v) is 4.00. The molecular formula is C18H25IN4OS. The van der Waals surface area contributed by atoms with Crippen LogP contribution in [-0.4, -0.2) is 35.0 Å². The number of guanidine groups is 1. The van der Waals surface area contributed by atoms with Gasteiger partial charge in [0.1, 0.15) is 0 Å². The number of nitrogens with zero attached hydrogens (tertiary/aromatic N) is 2. The standard InChI is InChI=1S/C18H24N4OS.HI/c1-18(9-6-10-24-18)13-22-17(19-2)21-12-16-20-11-15(23-16)14-7-4-3-5-8-14;/h3-5,7-8,11H,6,9-10,12-13H2,1-2H3,(H2,19,21,22);1H. The number of hydrogen-bond donors (Lipinski definition) is 2. The van der Waals surface area contributed by atoms with Crippen LogP contribution < -0.4 is 10.6 Å². The van der Waals surface area contributed by atoms with Crippen molar-refractivity contribution in [3.05, 3.63) is 42.4 Å². The summed E-state index contributed by atoms with van der Waals surface area (Å²) in [5.41, 5.74) is 1.03. The van der Waals surface area contributed by atoms with Crippen molar-refractivity contribution in [1.29, 1.82) is 0 Å². The zero-order valence-corrected chi connectivity index (χ0v) is 17.8. The largest absolute Gasteiger partial charge is 0.439 e. The van der Waals surface area contributed by atoms with E-state index in [4.69, 9.17) is 4.42 Å². The predicted octanol–water partition coefficient (Wildman–Crippen LogP) is 3.91. The summed E-state index contributed by atoms with van der Waals surface area (Å²) < 4.78 is 6.11. The highest BCUT2D eigenvalue weighted by molar-refractivity contribution is 14.0. The van der Waals surface area contributed by atoms with Crippen LogP contribution in [0.5, 0.6) is 0 Å². The van der Waals surface area contributed by atoms with E-state index in [2.05, 4.69) is 27.5 Å². The van der Waals surface area contributed by atoms with Gasteiger partial charge in [-0.3, -0.25) is 4.99 Å². The Hall–Kier alpha value is -1.22. The molecule has 1 aliphatic rings. The summed E-state index contributed by atoms with van der Waals surface area (Å²) >= 11 is 2.04. The second-order valence-corrected chi connectivity index (χ2v) is 7.85. The maximum Gasteiger partial charge on any atom is 0.214 e. The number of oxazole rings is 1. The first-order chi connectivity index (χ1) is 11.7. The van der Waals surface area contributed by atoms with E-state index in [1.807, 2.05) is 42.1 Å². The van der Waals surface area contributed by atoms with Crippen molar-refractivity contribution < 1.29 is 4.42 Å². The van der Waals surface area contributed by atoms with Crippen molar-refractivity contribution in [2.45, 2.75) is 31.1 Å². The summed E-state index contributed by atoms with van der Waals surface area (Å²) in [6.45, 7) is 3.74. The Kier molecular flexibility index (Phi) is 7.61. The molecule has 2 aromatic rings. The van der Waals surface area contributed by atoms with Gasteiger partial charge >= 0.3 is 0 Å². The molecule has 2 heterocycles. The Morgan fingerprint density at radius 2 is 2.12 bits per heavy atom. The van der Waals surface area contributed by atoms with Gasteiger partial charge in [-0.15, -0.1) is 24.0 Å². The third-order valence-corrected chi connectivity index (χ3v) is 5.71. The van der Waals surface area contributed by atoms with Gasteiger partial charge in [-0.2, -0.15) is 11.8 Å². The lowest BCUT2D eigenvalue weighted by atomic mass is 10.1. The second-order valence-electron chi connectivity index (χ2n) is 6.17. The molecule has 0 spiro atoms. The number of hydrogen-bond acceptors (Lipinski definition) is 4. The Balaban J connectivity index is 0.00000225. The highest BCUT2D eigenvalue weighted by Gasteiger charge is 2.29. The number of thioether (sulfide) groups is 1. The minimum absolute atomic E-state index is 0. The molecule has 1 atom stereocenters. The fourth-order valence-electron chi connectivity index (χ4n) is 2.75. The maximum absolute atomic E-state index is 5.80. The molecule has 2 N–H and O–H groups in total. The first-order valence-electron chi connectivity index (χ1n) is 8.27. The number of halogens is 1. The maximum atomic E-state index is 5.80. The van der Waals surface area contributed by atoms with E-state index >= 15 is 0 Å². The van der Waals surface area contributed by atoms with Crippen molar-refractivity contribution in [3.8, 4) is 11.3 Å². The van der Waals surface area contributed by atoms with Gasteiger partial charge in [0.15, 0.2) is 11.7 Å². The molecule has 0 saturated carbocycles. The zero-order valence-electron chi connectivity index (χ0n) is 14.6. The topological polar surface area (TPSA) is 62.5 Å². The van der Waals surface area contributed by atoms with Gasteiger partial charge in [-0.1, -0.05) is 30.3 Å². The first kappa shape index (κ1) is 20.1. The number of aromatic nitrogens is 1. The molecule has 7 heteroatoms. The molecule has 0 bridgehead atoms. The summed E-state index contributed by atoms with van der Waals surface area (Å²) in [5.74, 6) is 3.47. The summed E-state index contributed by atoms with van der Waals surface area (Å²) in [6, 6.07) is 9.99. The van der Waals surface area contributed by atoms with E-state index < -0.39 is 0 Å². The number of benzene rings is 1. The Morgan fingerprint density at radius 3 is 2.80 bits per heavy atom.